The van der Waals surface area contributed by atoms with Gasteiger partial charge in [-0.1, -0.05) is 48.9 Å². The van der Waals surface area contributed by atoms with Crippen LogP contribution in [-0.4, -0.2) is 53.7 Å². The molecule has 0 bridgehead atoms. The fourth-order valence-corrected chi connectivity index (χ4v) is 6.21. The van der Waals surface area contributed by atoms with Crippen LogP contribution in [0.1, 0.15) is 38.2 Å². The van der Waals surface area contributed by atoms with E-state index < -0.39 is 19.0 Å². The van der Waals surface area contributed by atoms with Crippen molar-refractivity contribution < 1.29 is 29.1 Å². The number of carbonyl (C=O) groups excluding carboxylic acids is 2. The summed E-state index contributed by atoms with van der Waals surface area (Å²) >= 11 is 0. The molecule has 38 heavy (non-hydrogen) atoms. The zero-order chi connectivity index (χ0) is 26.8. The number of ether oxygens (including phenoxy) is 1. The molecule has 0 unspecified atom stereocenters. The number of aromatic hydroxyl groups is 1. The van der Waals surface area contributed by atoms with Gasteiger partial charge >= 0.3 is 7.12 Å². The average Bonchev–Trinajstić information content (AvgIpc) is 3.14. The van der Waals surface area contributed by atoms with Gasteiger partial charge in [-0.3, -0.25) is 14.5 Å². The summed E-state index contributed by atoms with van der Waals surface area (Å²) in [7, 11) is 0.557. The number of para-hydroxylation sites is 1. The van der Waals surface area contributed by atoms with Gasteiger partial charge in [0, 0.05) is 7.05 Å². The van der Waals surface area contributed by atoms with Crippen LogP contribution < -0.4 is 4.74 Å². The average molecular weight is 515 g/mol. The van der Waals surface area contributed by atoms with Crippen molar-refractivity contribution in [3.63, 3.8) is 0 Å². The van der Waals surface area contributed by atoms with Gasteiger partial charge in [-0.2, -0.15) is 0 Å². The zero-order valence-corrected chi connectivity index (χ0v) is 21.9. The normalized spacial score (nSPS) is 25.5. The minimum Gasteiger partial charge on any atom is -0.508 e. The Hall–Kier alpha value is -3.36. The van der Waals surface area contributed by atoms with Gasteiger partial charge in [0.1, 0.15) is 18.1 Å². The Morgan fingerprint density at radius 3 is 2.55 bits per heavy atom. The zero-order valence-electron chi connectivity index (χ0n) is 21.9. The van der Waals surface area contributed by atoms with Crippen molar-refractivity contribution in [1.29, 1.82) is 0 Å². The molecule has 4 atom stereocenters. The molecule has 2 N–H and O–H groups in total. The van der Waals surface area contributed by atoms with Gasteiger partial charge in [-0.25, -0.2) is 0 Å². The van der Waals surface area contributed by atoms with Gasteiger partial charge in [-0.15, -0.1) is 0 Å². The molecular weight excluding hydrogens is 481 g/mol. The van der Waals surface area contributed by atoms with E-state index in [0.717, 1.165) is 35.3 Å². The van der Waals surface area contributed by atoms with Crippen molar-refractivity contribution in [2.24, 2.45) is 17.8 Å². The lowest BCUT2D eigenvalue weighted by molar-refractivity contribution is -0.138. The largest absolute Gasteiger partial charge is 0.508 e. The highest BCUT2D eigenvalue weighted by Crippen LogP contribution is 2.50. The topological polar surface area (TPSA) is 96.3 Å². The molecular formula is C30H34BNO6. The maximum Gasteiger partial charge on any atom is 0.455 e. The van der Waals surface area contributed by atoms with Crippen molar-refractivity contribution in [3.05, 3.63) is 76.9 Å². The van der Waals surface area contributed by atoms with Crippen LogP contribution >= 0.6 is 0 Å². The van der Waals surface area contributed by atoms with Crippen molar-refractivity contribution in [2.45, 2.75) is 45.0 Å². The van der Waals surface area contributed by atoms with Crippen molar-refractivity contribution >= 4 is 25.0 Å². The number of rotatable bonds is 8. The monoisotopic (exact) mass is 515 g/mol. The van der Waals surface area contributed by atoms with E-state index in [1.54, 1.807) is 19.2 Å². The molecule has 0 aromatic heterocycles. The quantitative estimate of drug-likeness (QED) is 0.306. The van der Waals surface area contributed by atoms with Gasteiger partial charge in [0.15, 0.2) is 0 Å². The first-order valence-electron chi connectivity index (χ1n) is 13.4. The molecule has 7 nitrogen and oxygen atoms in total. The van der Waals surface area contributed by atoms with E-state index in [0.29, 0.717) is 25.8 Å². The Bertz CT molecular complexity index is 1240. The second-order valence-electron chi connectivity index (χ2n) is 10.4. The second-order valence-corrected chi connectivity index (χ2v) is 10.4. The molecule has 2 fully saturated rings. The first kappa shape index (κ1) is 26.3. The number of amides is 2. The molecule has 2 aliphatic heterocycles. The molecule has 8 heteroatoms. The van der Waals surface area contributed by atoms with Crippen LogP contribution in [0.15, 0.2) is 71.3 Å². The number of carbonyl (C=O) groups is 2. The molecule has 0 radical (unpaired) electrons. The molecule has 2 amide bonds. The highest BCUT2D eigenvalue weighted by molar-refractivity contribution is 6.43. The molecule has 5 rings (SSSR count). The maximum absolute atomic E-state index is 13.1. The first-order valence-corrected chi connectivity index (χ1v) is 13.4. The number of allylic oxidation sites excluding steroid dienone is 1. The Labute approximate surface area is 223 Å². The summed E-state index contributed by atoms with van der Waals surface area (Å²) < 4.78 is 12.2. The van der Waals surface area contributed by atoms with E-state index in [2.05, 4.69) is 13.0 Å². The fourth-order valence-electron chi connectivity index (χ4n) is 6.21. The molecule has 2 aromatic carbocycles. The summed E-state index contributed by atoms with van der Waals surface area (Å²) in [6, 6.07) is 16.6. The molecule has 0 saturated carbocycles. The van der Waals surface area contributed by atoms with Crippen LogP contribution in [0.25, 0.3) is 6.08 Å². The standard InChI is InChI=1S/C30H34BNO6/c1-3-19(15-20-9-12-22(33)13-10-20)11-14-26-27-21(18-37-23-7-5-4-6-8-23)16-24-28(25(27)17-31(36)38-26)30(35)32(2)29(24)34/h4-10,12-13,15,24-26,28,33,36H,3,11,14,16-18H2,1-2H3/b19-15+/t24-,25+,26-,28-/m1/s1. The highest BCUT2D eigenvalue weighted by atomic mass is 16.5. The summed E-state index contributed by atoms with van der Waals surface area (Å²) in [5.41, 5.74) is 4.24. The predicted octanol–water partition coefficient (Wildman–Crippen LogP) is 4.47. The summed E-state index contributed by atoms with van der Waals surface area (Å²) in [5.74, 6) is -0.509. The molecule has 2 heterocycles. The molecule has 198 valence electrons. The predicted molar refractivity (Wildman–Crippen MR) is 145 cm³/mol. The Kier molecular flexibility index (Phi) is 7.72. The van der Waals surface area contributed by atoms with E-state index in [-0.39, 0.29) is 29.6 Å². The number of phenols is 1. The minimum atomic E-state index is -0.997. The first-order chi connectivity index (χ1) is 18.4. The molecule has 2 saturated heterocycles. The summed E-state index contributed by atoms with van der Waals surface area (Å²) in [5, 5.41) is 20.3. The van der Waals surface area contributed by atoms with E-state index in [9.17, 15) is 19.7 Å². The molecule has 3 aliphatic rings. The number of fused-ring (bicyclic) bond motifs is 3. The van der Waals surface area contributed by atoms with Crippen LogP contribution in [0, 0.1) is 17.8 Å². The Morgan fingerprint density at radius 2 is 1.84 bits per heavy atom. The van der Waals surface area contributed by atoms with Gasteiger partial charge < -0.3 is 19.5 Å². The van der Waals surface area contributed by atoms with Gasteiger partial charge in [0.05, 0.1) is 17.9 Å². The summed E-state index contributed by atoms with van der Waals surface area (Å²) in [4.78, 5) is 27.4. The van der Waals surface area contributed by atoms with Crippen LogP contribution in [0.3, 0.4) is 0 Å². The number of imide groups is 1. The lowest BCUT2D eigenvalue weighted by Crippen LogP contribution is -2.46. The molecule has 1 aliphatic carbocycles. The number of hydrogen-bond acceptors (Lipinski definition) is 6. The Morgan fingerprint density at radius 1 is 1.11 bits per heavy atom. The van der Waals surface area contributed by atoms with E-state index in [1.165, 1.54) is 10.5 Å². The third-order valence-electron chi connectivity index (χ3n) is 8.13. The second kappa shape index (κ2) is 11.2. The Balaban J connectivity index is 1.44. The molecule has 2 aromatic rings. The lowest BCUT2D eigenvalue weighted by atomic mass is 9.58. The van der Waals surface area contributed by atoms with Crippen LogP contribution in [-0.2, 0) is 14.2 Å². The third kappa shape index (κ3) is 5.29. The van der Waals surface area contributed by atoms with Gasteiger partial charge in [0.2, 0.25) is 11.8 Å². The highest BCUT2D eigenvalue weighted by Gasteiger charge is 2.56. The van der Waals surface area contributed by atoms with E-state index in [1.807, 2.05) is 42.5 Å². The number of nitrogens with zero attached hydrogens (tertiary/aromatic N) is 1. The minimum absolute atomic E-state index is 0.154. The third-order valence-corrected chi connectivity index (χ3v) is 8.13. The number of phenolic OH excluding ortho intramolecular Hbond substituents is 1. The summed E-state index contributed by atoms with van der Waals surface area (Å²) in [6.45, 7) is 2.41. The SMILES string of the molecule is CC/C(=C\c1ccc(O)cc1)CC[C@H]1OB(O)C[C@H]2C1=C(COc1ccccc1)C[C@H]1C(=O)N(C)C(=O)[C@H]12. The smallest absolute Gasteiger partial charge is 0.455 e. The van der Waals surface area contributed by atoms with Crippen molar-refractivity contribution in [3.8, 4) is 11.5 Å². The maximum atomic E-state index is 13.1. The number of likely N-dealkylation sites (tertiary alicyclic amines) is 1. The van der Waals surface area contributed by atoms with Gasteiger partial charge in [0.25, 0.3) is 0 Å². The van der Waals surface area contributed by atoms with Crippen LogP contribution in [0.5, 0.6) is 11.5 Å². The number of hydrogen-bond donors (Lipinski definition) is 2. The van der Waals surface area contributed by atoms with Gasteiger partial charge in [-0.05, 0) is 78.9 Å². The van der Waals surface area contributed by atoms with Crippen LogP contribution in [0.2, 0.25) is 6.32 Å². The number of benzene rings is 2. The van der Waals surface area contributed by atoms with Crippen molar-refractivity contribution in [2.75, 3.05) is 13.7 Å². The van der Waals surface area contributed by atoms with E-state index >= 15 is 0 Å². The molecule has 0 spiro atoms. The van der Waals surface area contributed by atoms with E-state index in [4.69, 9.17) is 9.39 Å². The fraction of sp³-hybridized carbons (Fsp3) is 0.400. The van der Waals surface area contributed by atoms with Crippen LogP contribution in [0.4, 0.5) is 0 Å². The summed E-state index contributed by atoms with van der Waals surface area (Å²) in [6.07, 6.45) is 4.74. The van der Waals surface area contributed by atoms with Crippen molar-refractivity contribution in [1.82, 2.24) is 4.90 Å². The lowest BCUT2D eigenvalue weighted by Gasteiger charge is -2.43.